The minimum atomic E-state index is -3.84. The summed E-state index contributed by atoms with van der Waals surface area (Å²) in [5, 5.41) is 9.58. The molecule has 4 rings (SSSR count). The van der Waals surface area contributed by atoms with E-state index in [1.165, 1.54) is 7.11 Å². The summed E-state index contributed by atoms with van der Waals surface area (Å²) in [5.74, 6) is -0.242. The first kappa shape index (κ1) is 19.7. The van der Waals surface area contributed by atoms with Crippen molar-refractivity contribution in [3.63, 3.8) is 0 Å². The smallest absolute Gasteiger partial charge is 0.414 e. The number of rotatable bonds is 5. The van der Waals surface area contributed by atoms with Gasteiger partial charge >= 0.3 is 6.09 Å². The van der Waals surface area contributed by atoms with Gasteiger partial charge < -0.3 is 9.47 Å². The monoisotopic (exact) mass is 420 g/mol. The average molecular weight is 420 g/mol. The van der Waals surface area contributed by atoms with Gasteiger partial charge in [0, 0.05) is 28.9 Å². The van der Waals surface area contributed by atoms with Crippen LogP contribution < -0.4 is 14.8 Å². The first-order chi connectivity index (χ1) is 13.8. The number of sulfonamides is 1. The summed E-state index contributed by atoms with van der Waals surface area (Å²) in [5.41, 5.74) is 2.96. The van der Waals surface area contributed by atoms with Crippen molar-refractivity contribution in [2.45, 2.75) is 44.7 Å². The topological polar surface area (TPSA) is 117 Å². The fourth-order valence-electron chi connectivity index (χ4n) is 3.73. The van der Waals surface area contributed by atoms with Gasteiger partial charge in [-0.2, -0.15) is 5.10 Å². The Morgan fingerprint density at radius 3 is 2.72 bits per heavy atom. The Morgan fingerprint density at radius 1 is 1.31 bits per heavy atom. The molecule has 1 aromatic heterocycles. The van der Waals surface area contributed by atoms with Crippen molar-refractivity contribution in [1.82, 2.24) is 9.78 Å². The average Bonchev–Trinajstić information content (AvgIpc) is 3.41. The summed E-state index contributed by atoms with van der Waals surface area (Å²) in [6.07, 6.45) is 6.75. The van der Waals surface area contributed by atoms with Crippen LogP contribution in [0.5, 0.6) is 5.75 Å². The van der Waals surface area contributed by atoms with Gasteiger partial charge in [0.2, 0.25) is 16.0 Å². The molecule has 0 saturated heterocycles. The largest absolute Gasteiger partial charge is 0.475 e. The van der Waals surface area contributed by atoms with Gasteiger partial charge in [-0.25, -0.2) is 18.4 Å². The molecule has 1 amide bonds. The van der Waals surface area contributed by atoms with Crippen molar-refractivity contribution in [2.75, 3.05) is 17.9 Å². The van der Waals surface area contributed by atoms with E-state index in [0.29, 0.717) is 30.3 Å². The summed E-state index contributed by atoms with van der Waals surface area (Å²) in [6, 6.07) is 4.03. The number of hydrogen-bond acceptors (Lipinski definition) is 6. The third-order valence-corrected chi connectivity index (χ3v) is 5.77. The molecule has 9 nitrogen and oxygen atoms in total. The number of methoxy groups -OCH3 is 1. The maximum atomic E-state index is 12.3. The van der Waals surface area contributed by atoms with Gasteiger partial charge in [0.1, 0.15) is 5.75 Å². The number of carbonyl (C=O) groups is 1. The maximum absolute atomic E-state index is 12.3. The lowest BCUT2D eigenvalue weighted by atomic mass is 9.92. The van der Waals surface area contributed by atoms with E-state index in [2.05, 4.69) is 5.10 Å². The minimum absolute atomic E-state index is 0.0514. The number of anilines is 1. The number of benzene rings is 1. The Kier molecular flexibility index (Phi) is 4.99. The van der Waals surface area contributed by atoms with Crippen LogP contribution in [-0.4, -0.2) is 43.4 Å². The van der Waals surface area contributed by atoms with Gasteiger partial charge in [0.05, 0.1) is 25.0 Å². The molecule has 1 aromatic carbocycles. The van der Waals surface area contributed by atoms with Crippen LogP contribution in [0, 0.1) is 0 Å². The van der Waals surface area contributed by atoms with Crippen molar-refractivity contribution < 1.29 is 22.7 Å². The summed E-state index contributed by atoms with van der Waals surface area (Å²) in [6.45, 7) is 1.94. The fraction of sp³-hybridized carbons (Fsp3) is 0.474. The molecule has 1 aliphatic carbocycles. The van der Waals surface area contributed by atoms with E-state index in [1.807, 2.05) is 29.9 Å². The minimum Gasteiger partial charge on any atom is -0.475 e. The Morgan fingerprint density at radius 2 is 2.07 bits per heavy atom. The summed E-state index contributed by atoms with van der Waals surface area (Å²) < 4.78 is 35.7. The molecule has 1 atom stereocenters. The molecule has 0 spiro atoms. The molecule has 2 N–H and O–H groups in total. The molecule has 0 bridgehead atoms. The summed E-state index contributed by atoms with van der Waals surface area (Å²) in [4.78, 5) is 13.9. The van der Waals surface area contributed by atoms with Gasteiger partial charge in [-0.15, -0.1) is 0 Å². The van der Waals surface area contributed by atoms with Crippen molar-refractivity contribution in [3.05, 3.63) is 30.1 Å². The second-order valence-corrected chi connectivity index (χ2v) is 9.09. The zero-order valence-corrected chi connectivity index (χ0v) is 17.2. The fourth-order valence-corrected chi connectivity index (χ4v) is 4.01. The normalized spacial score (nSPS) is 19.0. The predicted molar refractivity (Wildman–Crippen MR) is 107 cm³/mol. The molecule has 1 saturated carbocycles. The highest BCUT2D eigenvalue weighted by molar-refractivity contribution is 7.88. The molecule has 1 unspecified atom stereocenters. The van der Waals surface area contributed by atoms with Crippen LogP contribution >= 0.6 is 0 Å². The molecule has 29 heavy (non-hydrogen) atoms. The summed E-state index contributed by atoms with van der Waals surface area (Å²) >= 11 is 0. The van der Waals surface area contributed by atoms with Crippen LogP contribution in [0.2, 0.25) is 0 Å². The van der Waals surface area contributed by atoms with Crippen LogP contribution in [0.1, 0.15) is 37.8 Å². The van der Waals surface area contributed by atoms with Gasteiger partial charge in [0.15, 0.2) is 0 Å². The molecule has 2 heterocycles. The van der Waals surface area contributed by atoms with Gasteiger partial charge in [-0.05, 0) is 44.7 Å². The molecular formula is C19H24N4O5S. The van der Waals surface area contributed by atoms with E-state index >= 15 is 0 Å². The summed E-state index contributed by atoms with van der Waals surface area (Å²) in [7, 11) is -2.50. The number of hydrogen-bond donors (Lipinski definition) is 1. The van der Waals surface area contributed by atoms with Gasteiger partial charge in [-0.1, -0.05) is 0 Å². The highest BCUT2D eigenvalue weighted by atomic mass is 32.2. The number of aromatic nitrogens is 2. The number of amides is 1. The Hall–Kier alpha value is -2.59. The Labute approximate surface area is 169 Å². The second-order valence-electron chi connectivity index (χ2n) is 7.53. The quantitative estimate of drug-likeness (QED) is 0.794. The molecule has 0 radical (unpaired) electrons. The standard InChI is InChI=1S/C19H24N4O5S/c1-12-3-6-16-17(23(12)19(24)27-2)8-7-15(18(16)28-11-29(20,25)26)13-9-21-22(10-13)14-4-5-14/h7-10,12,14H,3-6,11H2,1-2H3,(H2,20,25,26). The first-order valence-corrected chi connectivity index (χ1v) is 11.2. The van der Waals surface area contributed by atoms with Crippen LogP contribution in [0.3, 0.4) is 0 Å². The lowest BCUT2D eigenvalue weighted by molar-refractivity contribution is 0.175. The zero-order valence-electron chi connectivity index (χ0n) is 16.4. The van der Waals surface area contributed by atoms with Crippen LogP contribution in [0.25, 0.3) is 11.1 Å². The van der Waals surface area contributed by atoms with Crippen LogP contribution in [0.4, 0.5) is 10.5 Å². The highest BCUT2D eigenvalue weighted by Gasteiger charge is 2.33. The maximum Gasteiger partial charge on any atom is 0.414 e. The van der Waals surface area contributed by atoms with Crippen molar-refractivity contribution in [1.29, 1.82) is 0 Å². The van der Waals surface area contributed by atoms with Gasteiger partial charge in [-0.3, -0.25) is 9.58 Å². The molecule has 156 valence electrons. The molecular weight excluding hydrogens is 396 g/mol. The van der Waals surface area contributed by atoms with Crippen LogP contribution in [-0.2, 0) is 21.2 Å². The molecule has 2 aliphatic rings. The van der Waals surface area contributed by atoms with Crippen molar-refractivity contribution in [3.8, 4) is 16.9 Å². The SMILES string of the molecule is COC(=O)N1c2ccc(-c3cnn(C4CC4)c3)c(OCS(N)(=O)=O)c2CCC1C. The zero-order chi connectivity index (χ0) is 20.8. The second kappa shape index (κ2) is 7.34. The lowest BCUT2D eigenvalue weighted by Crippen LogP contribution is -2.42. The molecule has 1 aliphatic heterocycles. The number of carbonyl (C=O) groups excluding carboxylic acids is 1. The van der Waals surface area contributed by atoms with E-state index in [4.69, 9.17) is 14.6 Å². The molecule has 2 aromatic rings. The molecule has 10 heteroatoms. The third-order valence-electron chi connectivity index (χ3n) is 5.32. The van der Waals surface area contributed by atoms with E-state index in [1.54, 1.807) is 11.1 Å². The third kappa shape index (κ3) is 3.95. The lowest BCUT2D eigenvalue weighted by Gasteiger charge is -2.35. The van der Waals surface area contributed by atoms with E-state index in [9.17, 15) is 13.2 Å². The Balaban J connectivity index is 1.81. The van der Waals surface area contributed by atoms with E-state index in [0.717, 1.165) is 29.5 Å². The van der Waals surface area contributed by atoms with E-state index in [-0.39, 0.29) is 6.04 Å². The number of ether oxygens (including phenoxy) is 2. The van der Waals surface area contributed by atoms with Gasteiger partial charge in [0.25, 0.3) is 0 Å². The Bertz CT molecular complexity index is 1040. The van der Waals surface area contributed by atoms with E-state index < -0.39 is 22.1 Å². The number of nitrogens with zero attached hydrogens (tertiary/aromatic N) is 3. The number of fused-ring (bicyclic) bond motifs is 1. The van der Waals surface area contributed by atoms with Crippen LogP contribution in [0.15, 0.2) is 24.5 Å². The number of nitrogens with two attached hydrogens (primary N) is 1. The van der Waals surface area contributed by atoms with Crippen molar-refractivity contribution in [2.24, 2.45) is 5.14 Å². The molecule has 1 fully saturated rings. The highest BCUT2D eigenvalue weighted by Crippen LogP contribution is 2.44. The number of primary sulfonamides is 1. The predicted octanol–water partition coefficient (Wildman–Crippen LogP) is 2.42. The first-order valence-electron chi connectivity index (χ1n) is 9.49. The van der Waals surface area contributed by atoms with Crippen molar-refractivity contribution >= 4 is 21.8 Å².